The van der Waals surface area contributed by atoms with Crippen LogP contribution in [-0.2, 0) is 0 Å². The summed E-state index contributed by atoms with van der Waals surface area (Å²) in [6.45, 7) is 2.21. The number of hydrogen-bond acceptors (Lipinski definition) is 2. The van der Waals surface area contributed by atoms with E-state index in [0.29, 0.717) is 11.7 Å². The first kappa shape index (κ1) is 11.0. The average molecular weight is 244 g/mol. The Morgan fingerprint density at radius 1 is 1.29 bits per heavy atom. The maximum Gasteiger partial charge on any atom is 0.167 e. The fraction of sp³-hybridized carbons (Fsp3) is 0.400. The molecule has 0 radical (unpaired) electrons. The molecule has 1 aromatic carbocycles. The van der Waals surface area contributed by atoms with E-state index in [9.17, 15) is 4.79 Å². The molecule has 3 rings (SSSR count). The molecule has 2 heteroatoms. The van der Waals surface area contributed by atoms with Gasteiger partial charge in [0.05, 0.1) is 0 Å². The van der Waals surface area contributed by atoms with Crippen molar-refractivity contribution in [2.75, 3.05) is 0 Å². The van der Waals surface area contributed by atoms with Gasteiger partial charge in [-0.05, 0) is 24.8 Å². The van der Waals surface area contributed by atoms with Crippen molar-refractivity contribution < 1.29 is 4.79 Å². The molecule has 1 nitrogen and oxygen atoms in total. The van der Waals surface area contributed by atoms with E-state index >= 15 is 0 Å². The van der Waals surface area contributed by atoms with Gasteiger partial charge in [0.25, 0.3) is 0 Å². The van der Waals surface area contributed by atoms with Gasteiger partial charge in [0, 0.05) is 26.9 Å². The second-order valence-corrected chi connectivity index (χ2v) is 5.94. The summed E-state index contributed by atoms with van der Waals surface area (Å²) in [5, 5.41) is 3.18. The summed E-state index contributed by atoms with van der Waals surface area (Å²) < 4.78 is 1.22. The minimum absolute atomic E-state index is 0.257. The number of Topliss-reactive ketones (excluding diaryl/α,β-unsaturated/α-hetero) is 1. The van der Waals surface area contributed by atoms with Gasteiger partial charge in [-0.2, -0.15) is 0 Å². The molecular weight excluding hydrogens is 228 g/mol. The highest BCUT2D eigenvalue weighted by Crippen LogP contribution is 2.36. The molecule has 1 aromatic heterocycles. The minimum Gasteiger partial charge on any atom is -0.294 e. The van der Waals surface area contributed by atoms with E-state index < -0.39 is 0 Å². The number of fused-ring (bicyclic) bond motifs is 1. The third-order valence-corrected chi connectivity index (χ3v) is 4.91. The summed E-state index contributed by atoms with van der Waals surface area (Å²) in [5.74, 6) is 1.18. The van der Waals surface area contributed by atoms with Crippen LogP contribution in [0.3, 0.4) is 0 Å². The molecule has 0 aliphatic heterocycles. The quantitative estimate of drug-likeness (QED) is 0.710. The zero-order chi connectivity index (χ0) is 11.8. The van der Waals surface area contributed by atoms with Crippen LogP contribution in [0.15, 0.2) is 29.6 Å². The highest BCUT2D eigenvalue weighted by atomic mass is 32.1. The lowest BCUT2D eigenvalue weighted by atomic mass is 9.89. The SMILES string of the molecule is CC1CCCC1C(=O)c1csc2ccccc12. The Kier molecular flexibility index (Phi) is 2.75. The molecule has 0 N–H and O–H groups in total. The van der Waals surface area contributed by atoms with E-state index in [1.165, 1.54) is 17.5 Å². The normalized spacial score (nSPS) is 24.3. The number of benzene rings is 1. The van der Waals surface area contributed by atoms with Gasteiger partial charge >= 0.3 is 0 Å². The van der Waals surface area contributed by atoms with Crippen LogP contribution in [0.5, 0.6) is 0 Å². The lowest BCUT2D eigenvalue weighted by Gasteiger charge is -2.13. The monoisotopic (exact) mass is 244 g/mol. The molecule has 1 heterocycles. The van der Waals surface area contributed by atoms with Crippen molar-refractivity contribution in [1.82, 2.24) is 0 Å². The summed E-state index contributed by atoms with van der Waals surface area (Å²) in [6.07, 6.45) is 3.49. The van der Waals surface area contributed by atoms with E-state index in [1.807, 2.05) is 17.5 Å². The first-order valence-corrected chi connectivity index (χ1v) is 7.16. The molecule has 1 aliphatic rings. The van der Waals surface area contributed by atoms with Crippen molar-refractivity contribution in [3.63, 3.8) is 0 Å². The smallest absolute Gasteiger partial charge is 0.167 e. The lowest BCUT2D eigenvalue weighted by Crippen LogP contribution is -2.16. The second kappa shape index (κ2) is 4.26. The third kappa shape index (κ3) is 1.81. The van der Waals surface area contributed by atoms with Crippen molar-refractivity contribution in [1.29, 1.82) is 0 Å². The molecule has 1 fully saturated rings. The standard InChI is InChI=1S/C15H16OS/c1-10-5-4-7-11(10)15(16)13-9-17-14-8-3-2-6-12(13)14/h2-3,6,8-11H,4-5,7H2,1H3. The Morgan fingerprint density at radius 3 is 2.88 bits per heavy atom. The Labute approximate surface area is 105 Å². The summed E-state index contributed by atoms with van der Waals surface area (Å²) >= 11 is 1.68. The van der Waals surface area contributed by atoms with Crippen molar-refractivity contribution >= 4 is 27.2 Å². The molecule has 2 aromatic rings. The number of carbonyl (C=O) groups excluding carboxylic acids is 1. The number of carbonyl (C=O) groups is 1. The molecule has 0 bridgehead atoms. The third-order valence-electron chi connectivity index (χ3n) is 3.94. The summed E-state index contributed by atoms with van der Waals surface area (Å²) in [4.78, 5) is 12.5. The van der Waals surface area contributed by atoms with Crippen LogP contribution < -0.4 is 0 Å². The van der Waals surface area contributed by atoms with Gasteiger partial charge in [0.2, 0.25) is 0 Å². The van der Waals surface area contributed by atoms with Crippen LogP contribution in [0, 0.1) is 11.8 Å². The van der Waals surface area contributed by atoms with E-state index in [1.54, 1.807) is 11.3 Å². The van der Waals surface area contributed by atoms with Crippen LogP contribution >= 0.6 is 11.3 Å². The largest absolute Gasteiger partial charge is 0.294 e. The van der Waals surface area contributed by atoms with Crippen LogP contribution in [0.1, 0.15) is 36.5 Å². The molecular formula is C15H16OS. The predicted octanol–water partition coefficient (Wildman–Crippen LogP) is 4.52. The molecule has 0 saturated heterocycles. The first-order valence-electron chi connectivity index (χ1n) is 6.28. The molecule has 0 spiro atoms. The van der Waals surface area contributed by atoms with Crippen molar-refractivity contribution in [3.05, 3.63) is 35.2 Å². The van der Waals surface area contributed by atoms with E-state index in [0.717, 1.165) is 17.4 Å². The van der Waals surface area contributed by atoms with Crippen LogP contribution in [0.25, 0.3) is 10.1 Å². The fourth-order valence-corrected chi connectivity index (χ4v) is 3.85. The van der Waals surface area contributed by atoms with Crippen molar-refractivity contribution in [3.8, 4) is 0 Å². The van der Waals surface area contributed by atoms with Gasteiger partial charge in [0.15, 0.2) is 5.78 Å². The Bertz CT molecular complexity index is 555. The van der Waals surface area contributed by atoms with Crippen LogP contribution in [-0.4, -0.2) is 5.78 Å². The van der Waals surface area contributed by atoms with Crippen LogP contribution in [0.2, 0.25) is 0 Å². The van der Waals surface area contributed by atoms with Crippen molar-refractivity contribution in [2.45, 2.75) is 26.2 Å². The topological polar surface area (TPSA) is 17.1 Å². The van der Waals surface area contributed by atoms with Gasteiger partial charge in [0.1, 0.15) is 0 Å². The van der Waals surface area contributed by atoms with E-state index in [2.05, 4.69) is 19.1 Å². The van der Waals surface area contributed by atoms with Gasteiger partial charge in [-0.3, -0.25) is 4.79 Å². The molecule has 0 amide bonds. The van der Waals surface area contributed by atoms with E-state index in [4.69, 9.17) is 0 Å². The van der Waals surface area contributed by atoms with Gasteiger partial charge in [-0.1, -0.05) is 31.5 Å². The van der Waals surface area contributed by atoms with Gasteiger partial charge < -0.3 is 0 Å². The number of hydrogen-bond donors (Lipinski definition) is 0. The maximum atomic E-state index is 12.5. The average Bonchev–Trinajstić information content (AvgIpc) is 2.94. The molecule has 2 atom stereocenters. The molecule has 1 aliphatic carbocycles. The Hall–Kier alpha value is -1.15. The summed E-state index contributed by atoms with van der Waals surface area (Å²) in [7, 11) is 0. The number of thiophene rings is 1. The predicted molar refractivity (Wildman–Crippen MR) is 72.7 cm³/mol. The minimum atomic E-state index is 0.257. The summed E-state index contributed by atoms with van der Waals surface area (Å²) in [6, 6.07) is 8.21. The van der Waals surface area contributed by atoms with E-state index in [-0.39, 0.29) is 5.92 Å². The molecule has 17 heavy (non-hydrogen) atoms. The zero-order valence-corrected chi connectivity index (χ0v) is 10.8. The van der Waals surface area contributed by atoms with Gasteiger partial charge in [-0.25, -0.2) is 0 Å². The highest BCUT2D eigenvalue weighted by Gasteiger charge is 2.31. The Balaban J connectivity index is 2.01. The zero-order valence-electron chi connectivity index (χ0n) is 9.98. The lowest BCUT2D eigenvalue weighted by molar-refractivity contribution is 0.0899. The molecule has 88 valence electrons. The van der Waals surface area contributed by atoms with Crippen LogP contribution in [0.4, 0.5) is 0 Å². The summed E-state index contributed by atoms with van der Waals surface area (Å²) in [5.41, 5.74) is 0.948. The van der Waals surface area contributed by atoms with Gasteiger partial charge in [-0.15, -0.1) is 11.3 Å². The molecule has 2 unspecified atom stereocenters. The number of ketones is 1. The molecule has 1 saturated carbocycles. The maximum absolute atomic E-state index is 12.5. The van der Waals surface area contributed by atoms with Crippen molar-refractivity contribution in [2.24, 2.45) is 11.8 Å². The highest BCUT2D eigenvalue weighted by molar-refractivity contribution is 7.17. The number of rotatable bonds is 2. The first-order chi connectivity index (χ1) is 8.27. The Morgan fingerprint density at radius 2 is 2.12 bits per heavy atom. The fourth-order valence-electron chi connectivity index (χ4n) is 2.90. The second-order valence-electron chi connectivity index (χ2n) is 5.02.